The largest absolute Gasteiger partial charge is 0.374 e. The van der Waals surface area contributed by atoms with Gasteiger partial charge in [0.25, 0.3) is 0 Å². The summed E-state index contributed by atoms with van der Waals surface area (Å²) in [5, 5.41) is 0. The second-order valence-corrected chi connectivity index (χ2v) is 4.33. The van der Waals surface area contributed by atoms with Crippen molar-refractivity contribution in [2.45, 2.75) is 13.3 Å². The maximum Gasteiger partial charge on any atom is 0.224 e. The van der Waals surface area contributed by atoms with Crippen molar-refractivity contribution in [3.8, 4) is 0 Å². The molecule has 5 heteroatoms. The normalized spacial score (nSPS) is 9.94. The first kappa shape index (κ1) is 14.2. The second kappa shape index (κ2) is 6.74. The molecule has 0 aliphatic carbocycles. The van der Waals surface area contributed by atoms with E-state index in [2.05, 4.69) is 4.98 Å². The van der Waals surface area contributed by atoms with Crippen LogP contribution in [0.5, 0.6) is 0 Å². The van der Waals surface area contributed by atoms with Gasteiger partial charge in [0, 0.05) is 45.1 Å². The smallest absolute Gasteiger partial charge is 0.224 e. The molecule has 0 unspecified atom stereocenters. The predicted octanol–water partition coefficient (Wildman–Crippen LogP) is 0.955. The predicted molar refractivity (Wildman–Crippen MR) is 70.4 cm³/mol. The van der Waals surface area contributed by atoms with Gasteiger partial charge in [-0.05, 0) is 19.1 Å². The van der Waals surface area contributed by atoms with E-state index in [1.165, 1.54) is 11.8 Å². The molecule has 5 nitrogen and oxygen atoms in total. The summed E-state index contributed by atoms with van der Waals surface area (Å²) >= 11 is 0. The Balaban J connectivity index is 2.41. The third-order valence-corrected chi connectivity index (χ3v) is 2.65. The molecule has 1 aromatic heterocycles. The average Bonchev–Trinajstić information content (AvgIpc) is 2.35. The molecule has 0 saturated carbocycles. The van der Waals surface area contributed by atoms with Crippen LogP contribution in [0.4, 0.5) is 5.69 Å². The summed E-state index contributed by atoms with van der Waals surface area (Å²) in [5.74, 6) is -0.0283. The summed E-state index contributed by atoms with van der Waals surface area (Å²) in [6.07, 6.45) is 3.83. The highest BCUT2D eigenvalue weighted by Gasteiger charge is 2.11. The first-order valence-electron chi connectivity index (χ1n) is 5.85. The molecule has 0 saturated heterocycles. The zero-order chi connectivity index (χ0) is 13.5. The van der Waals surface area contributed by atoms with Crippen molar-refractivity contribution in [1.29, 1.82) is 0 Å². The Hall–Kier alpha value is -1.91. The summed E-state index contributed by atoms with van der Waals surface area (Å²) in [6.45, 7) is 2.27. The highest BCUT2D eigenvalue weighted by molar-refractivity contribution is 5.84. The van der Waals surface area contributed by atoms with Crippen LogP contribution in [-0.2, 0) is 9.59 Å². The third-order valence-electron chi connectivity index (χ3n) is 2.65. The molecule has 98 valence electrons. The summed E-state index contributed by atoms with van der Waals surface area (Å²) < 4.78 is 0. The van der Waals surface area contributed by atoms with Crippen LogP contribution in [0.1, 0.15) is 13.3 Å². The number of anilines is 1. The Bertz CT molecular complexity index is 406. The van der Waals surface area contributed by atoms with Gasteiger partial charge in [0.2, 0.25) is 5.91 Å². The lowest BCUT2D eigenvalue weighted by atomic mass is 10.3. The van der Waals surface area contributed by atoms with Crippen molar-refractivity contribution in [1.82, 2.24) is 9.88 Å². The lowest BCUT2D eigenvalue weighted by Gasteiger charge is -2.21. The van der Waals surface area contributed by atoms with Gasteiger partial charge in [-0.3, -0.25) is 14.6 Å². The van der Waals surface area contributed by atoms with E-state index in [0.717, 1.165) is 5.69 Å². The minimum Gasteiger partial charge on any atom is -0.374 e. The highest BCUT2D eigenvalue weighted by Crippen LogP contribution is 2.10. The number of amides is 1. The van der Waals surface area contributed by atoms with Crippen LogP contribution < -0.4 is 4.90 Å². The SMILES string of the molecule is CC(=O)CN(C)C(=O)CCN(C)c1ccncc1. The van der Waals surface area contributed by atoms with Gasteiger partial charge in [-0.2, -0.15) is 0 Å². The van der Waals surface area contributed by atoms with Crippen molar-refractivity contribution < 1.29 is 9.59 Å². The molecular weight excluding hydrogens is 230 g/mol. The maximum atomic E-state index is 11.7. The molecule has 0 bridgehead atoms. The van der Waals surface area contributed by atoms with Gasteiger partial charge in [0.05, 0.1) is 6.54 Å². The summed E-state index contributed by atoms with van der Waals surface area (Å²) in [7, 11) is 3.57. The average molecular weight is 249 g/mol. The van der Waals surface area contributed by atoms with Crippen molar-refractivity contribution in [3.63, 3.8) is 0 Å². The van der Waals surface area contributed by atoms with E-state index >= 15 is 0 Å². The molecule has 0 fully saturated rings. The number of likely N-dealkylation sites (N-methyl/N-ethyl adjacent to an activating group) is 1. The number of hydrogen-bond donors (Lipinski definition) is 0. The lowest BCUT2D eigenvalue weighted by molar-refractivity contribution is -0.133. The number of aromatic nitrogens is 1. The fraction of sp³-hybridized carbons (Fsp3) is 0.462. The zero-order valence-corrected chi connectivity index (χ0v) is 11.1. The van der Waals surface area contributed by atoms with Crippen molar-refractivity contribution in [2.24, 2.45) is 0 Å². The number of carbonyl (C=O) groups is 2. The fourth-order valence-corrected chi connectivity index (χ4v) is 1.60. The Morgan fingerprint density at radius 1 is 1.22 bits per heavy atom. The topological polar surface area (TPSA) is 53.5 Å². The van der Waals surface area contributed by atoms with Gasteiger partial charge in [-0.25, -0.2) is 0 Å². The maximum absolute atomic E-state index is 11.7. The minimum absolute atomic E-state index is 0.00617. The molecule has 0 spiro atoms. The van der Waals surface area contributed by atoms with Crippen molar-refractivity contribution in [3.05, 3.63) is 24.5 Å². The summed E-state index contributed by atoms with van der Waals surface area (Å²) in [6, 6.07) is 3.79. The highest BCUT2D eigenvalue weighted by atomic mass is 16.2. The molecule has 0 aliphatic rings. The van der Waals surface area contributed by atoms with Crippen LogP contribution in [0.25, 0.3) is 0 Å². The van der Waals surface area contributed by atoms with Gasteiger partial charge in [0.1, 0.15) is 5.78 Å². The summed E-state index contributed by atoms with van der Waals surface area (Å²) in [5.41, 5.74) is 1.02. The first-order chi connectivity index (χ1) is 8.50. The summed E-state index contributed by atoms with van der Waals surface area (Å²) in [4.78, 5) is 30.0. The minimum atomic E-state index is -0.0221. The third kappa shape index (κ3) is 4.53. The Morgan fingerprint density at radius 2 is 1.83 bits per heavy atom. The zero-order valence-electron chi connectivity index (χ0n) is 11.1. The van der Waals surface area contributed by atoms with E-state index in [9.17, 15) is 9.59 Å². The van der Waals surface area contributed by atoms with Crippen LogP contribution >= 0.6 is 0 Å². The van der Waals surface area contributed by atoms with Gasteiger partial charge in [-0.1, -0.05) is 0 Å². The van der Waals surface area contributed by atoms with Gasteiger partial charge in [-0.15, -0.1) is 0 Å². The number of Topliss-reactive ketones (excluding diaryl/α,β-unsaturated/α-hetero) is 1. The molecule has 18 heavy (non-hydrogen) atoms. The lowest BCUT2D eigenvalue weighted by Crippen LogP contribution is -2.33. The Kier molecular flexibility index (Phi) is 5.30. The van der Waals surface area contributed by atoms with Crippen LogP contribution in [0, 0.1) is 0 Å². The van der Waals surface area contributed by atoms with Crippen LogP contribution in [0.3, 0.4) is 0 Å². The monoisotopic (exact) mass is 249 g/mol. The standard InChI is InChI=1S/C13H19N3O2/c1-11(17)10-16(3)13(18)6-9-15(2)12-4-7-14-8-5-12/h4-5,7-8H,6,9-10H2,1-3H3. The van der Waals surface area contributed by atoms with E-state index in [-0.39, 0.29) is 18.2 Å². The molecule has 0 atom stereocenters. The van der Waals surface area contributed by atoms with E-state index in [1.807, 2.05) is 24.1 Å². The van der Waals surface area contributed by atoms with Gasteiger partial charge >= 0.3 is 0 Å². The van der Waals surface area contributed by atoms with E-state index < -0.39 is 0 Å². The molecule has 0 radical (unpaired) electrons. The number of rotatable bonds is 6. The molecule has 1 heterocycles. The molecule has 0 N–H and O–H groups in total. The quantitative estimate of drug-likeness (QED) is 0.753. The molecule has 0 aromatic carbocycles. The van der Waals surface area contributed by atoms with Crippen molar-refractivity contribution in [2.75, 3.05) is 32.1 Å². The van der Waals surface area contributed by atoms with E-state index in [4.69, 9.17) is 0 Å². The number of pyridine rings is 1. The molecule has 1 amide bonds. The van der Waals surface area contributed by atoms with Gasteiger partial charge < -0.3 is 9.80 Å². The van der Waals surface area contributed by atoms with E-state index in [0.29, 0.717) is 13.0 Å². The van der Waals surface area contributed by atoms with Crippen molar-refractivity contribution >= 4 is 17.4 Å². The molecule has 1 rings (SSSR count). The second-order valence-electron chi connectivity index (χ2n) is 4.33. The number of carbonyl (C=O) groups excluding carboxylic acids is 2. The van der Waals surface area contributed by atoms with E-state index in [1.54, 1.807) is 19.4 Å². The Morgan fingerprint density at radius 3 is 2.39 bits per heavy atom. The van der Waals surface area contributed by atoms with Crippen LogP contribution in [-0.4, -0.2) is 48.8 Å². The first-order valence-corrected chi connectivity index (χ1v) is 5.85. The van der Waals surface area contributed by atoms with Crippen LogP contribution in [0.2, 0.25) is 0 Å². The Labute approximate surface area is 107 Å². The molecular formula is C13H19N3O2. The molecule has 0 aliphatic heterocycles. The fourth-order valence-electron chi connectivity index (χ4n) is 1.60. The van der Waals surface area contributed by atoms with Gasteiger partial charge in [0.15, 0.2) is 0 Å². The number of ketones is 1. The number of nitrogens with zero attached hydrogens (tertiary/aromatic N) is 3. The van der Waals surface area contributed by atoms with Crippen LogP contribution in [0.15, 0.2) is 24.5 Å². The number of hydrogen-bond acceptors (Lipinski definition) is 4. The molecule has 1 aromatic rings.